The molecule has 0 aromatic heterocycles. The van der Waals surface area contributed by atoms with Crippen LogP contribution in [0.2, 0.25) is 0 Å². The molecule has 294 valence electrons. The van der Waals surface area contributed by atoms with Crippen molar-refractivity contribution in [2.45, 2.75) is 233 Å². The normalized spacial score (nSPS) is 12.4. The van der Waals surface area contributed by atoms with Crippen molar-refractivity contribution < 1.29 is 33.4 Å². The van der Waals surface area contributed by atoms with Gasteiger partial charge in [0.2, 0.25) is 0 Å². The van der Waals surface area contributed by atoms with Gasteiger partial charge < -0.3 is 24.8 Å². The molecule has 0 rings (SSSR count). The average Bonchev–Trinajstić information content (AvgIpc) is 2.97. The number of unbranched alkanes of at least 4 members (excludes halogenated alkanes) is 15. The second-order valence-corrected chi connectivity index (χ2v) is 17.2. The fraction of sp³-hybridized carbons (Fsp3) is 0.902. The van der Waals surface area contributed by atoms with Crippen molar-refractivity contribution in [3.05, 3.63) is 0 Å². The third-order valence-corrected chi connectivity index (χ3v) is 8.38. The van der Waals surface area contributed by atoms with Gasteiger partial charge in [-0.2, -0.15) is 0 Å². The van der Waals surface area contributed by atoms with Crippen LogP contribution in [-0.4, -0.2) is 52.8 Å². The van der Waals surface area contributed by atoms with E-state index in [1.807, 2.05) is 0 Å². The first-order valence-corrected chi connectivity index (χ1v) is 20.0. The number of esters is 3. The molecule has 0 aliphatic heterocycles. The number of carbonyl (C=O) groups is 4. The first-order valence-electron chi connectivity index (χ1n) is 20.0. The summed E-state index contributed by atoms with van der Waals surface area (Å²) in [5, 5.41) is 6.03. The van der Waals surface area contributed by atoms with Crippen LogP contribution in [0.4, 0.5) is 4.79 Å². The van der Waals surface area contributed by atoms with Crippen molar-refractivity contribution in [1.29, 1.82) is 0 Å². The third kappa shape index (κ3) is 30.5. The van der Waals surface area contributed by atoms with Crippen LogP contribution in [0, 0.1) is 0 Å². The molecule has 0 aromatic rings. The summed E-state index contributed by atoms with van der Waals surface area (Å²) < 4.78 is 16.6. The average molecular weight is 711 g/mol. The number of rotatable bonds is 27. The van der Waals surface area contributed by atoms with Crippen LogP contribution < -0.4 is 10.6 Å². The zero-order valence-electron chi connectivity index (χ0n) is 34.1. The molecular weight excluding hydrogens is 632 g/mol. The molecule has 2 amide bonds. The summed E-state index contributed by atoms with van der Waals surface area (Å²) in [6.07, 6.45) is 21.2. The number of hydrogen-bond donors (Lipinski definition) is 2. The summed E-state index contributed by atoms with van der Waals surface area (Å²) in [6, 6.07) is -0.386. The van der Waals surface area contributed by atoms with Crippen molar-refractivity contribution >= 4 is 23.9 Å². The van der Waals surface area contributed by atoms with Gasteiger partial charge in [-0.05, 0) is 88.0 Å². The zero-order chi connectivity index (χ0) is 38.1. The summed E-state index contributed by atoms with van der Waals surface area (Å²) >= 11 is 0. The Morgan fingerprint density at radius 1 is 0.440 bits per heavy atom. The van der Waals surface area contributed by atoms with Gasteiger partial charge in [-0.15, -0.1) is 0 Å². The first kappa shape index (κ1) is 47.7. The van der Waals surface area contributed by atoms with Crippen molar-refractivity contribution in [3.63, 3.8) is 0 Å². The van der Waals surface area contributed by atoms with E-state index in [2.05, 4.69) is 17.6 Å². The van der Waals surface area contributed by atoms with Gasteiger partial charge in [0.15, 0.2) is 0 Å². The molecule has 0 radical (unpaired) electrons. The second-order valence-electron chi connectivity index (χ2n) is 17.2. The number of hydrogen-bond acceptors (Lipinski definition) is 7. The molecule has 0 saturated carbocycles. The van der Waals surface area contributed by atoms with Crippen molar-refractivity contribution in [1.82, 2.24) is 10.6 Å². The predicted molar refractivity (Wildman–Crippen MR) is 204 cm³/mol. The molecule has 9 nitrogen and oxygen atoms in total. The van der Waals surface area contributed by atoms with Crippen LogP contribution in [-0.2, 0) is 28.6 Å². The molecule has 0 atom stereocenters. The van der Waals surface area contributed by atoms with Gasteiger partial charge in [0.1, 0.15) is 16.8 Å². The molecule has 50 heavy (non-hydrogen) atoms. The highest BCUT2D eigenvalue weighted by Crippen LogP contribution is 2.28. The number of urea groups is 1. The second kappa shape index (κ2) is 25.6. The minimum Gasteiger partial charge on any atom is -0.460 e. The lowest BCUT2D eigenvalue weighted by molar-refractivity contribution is -0.155. The molecular formula is C41H78N2O7. The Kier molecular flexibility index (Phi) is 24.4. The minimum absolute atomic E-state index is 0.0132. The largest absolute Gasteiger partial charge is 0.460 e. The molecule has 0 aliphatic rings. The Balaban J connectivity index is 5.01. The van der Waals surface area contributed by atoms with Crippen LogP contribution >= 0.6 is 0 Å². The van der Waals surface area contributed by atoms with Gasteiger partial charge in [0.05, 0.1) is 0 Å². The van der Waals surface area contributed by atoms with Crippen LogP contribution in [0.3, 0.4) is 0 Å². The Hall–Kier alpha value is -2.32. The molecule has 0 aliphatic carbocycles. The Labute approximate surface area is 306 Å². The summed E-state index contributed by atoms with van der Waals surface area (Å²) in [6.45, 7) is 19.0. The third-order valence-electron chi connectivity index (χ3n) is 8.38. The topological polar surface area (TPSA) is 120 Å². The van der Waals surface area contributed by atoms with Gasteiger partial charge in [0.25, 0.3) is 0 Å². The fourth-order valence-corrected chi connectivity index (χ4v) is 5.92. The van der Waals surface area contributed by atoms with E-state index in [1.54, 1.807) is 62.3 Å². The van der Waals surface area contributed by atoms with E-state index in [1.165, 1.54) is 83.5 Å². The molecule has 0 bridgehead atoms. The number of nitrogens with one attached hydrogen (secondary N) is 2. The smallest absolute Gasteiger partial charge is 0.315 e. The van der Waals surface area contributed by atoms with E-state index in [0.717, 1.165) is 19.3 Å². The highest BCUT2D eigenvalue weighted by atomic mass is 16.6. The minimum atomic E-state index is -1.04. The van der Waals surface area contributed by atoms with E-state index in [4.69, 9.17) is 14.2 Å². The summed E-state index contributed by atoms with van der Waals surface area (Å²) in [5.74, 6) is -1.23. The van der Waals surface area contributed by atoms with E-state index in [0.29, 0.717) is 6.54 Å². The number of carbonyl (C=O) groups excluding carboxylic acids is 4. The van der Waals surface area contributed by atoms with Crippen LogP contribution in [0.15, 0.2) is 0 Å². The van der Waals surface area contributed by atoms with Crippen molar-refractivity contribution in [3.8, 4) is 0 Å². The van der Waals surface area contributed by atoms with Gasteiger partial charge in [-0.3, -0.25) is 14.4 Å². The Bertz CT molecular complexity index is 865. The molecule has 0 unspecified atom stereocenters. The maximum absolute atomic E-state index is 13.3. The Morgan fingerprint density at radius 3 is 1.00 bits per heavy atom. The van der Waals surface area contributed by atoms with Gasteiger partial charge in [0, 0.05) is 31.3 Å². The summed E-state index contributed by atoms with van der Waals surface area (Å²) in [7, 11) is 0. The van der Waals surface area contributed by atoms with E-state index >= 15 is 0 Å². The number of ether oxygens (including phenoxy) is 3. The van der Waals surface area contributed by atoms with Crippen molar-refractivity contribution in [2.75, 3.05) is 6.54 Å². The van der Waals surface area contributed by atoms with Gasteiger partial charge in [-0.1, -0.05) is 103 Å². The van der Waals surface area contributed by atoms with E-state index < -0.39 is 40.2 Å². The maximum Gasteiger partial charge on any atom is 0.315 e. The van der Waals surface area contributed by atoms with E-state index in [-0.39, 0.29) is 44.6 Å². The SMILES string of the molecule is CCCCCCCCCCCCCCCCCCNC(=O)NC(CCC(=O)OC(C)(C)C)(CCC(=O)OC(C)(C)C)CCC(=O)OC(C)(C)C. The standard InChI is InChI=1S/C41H78N2O7/c1-11-12-13-14-15-16-17-18-19-20-21-22-23-24-25-26-33-42-37(47)43-41(30-27-34(44)48-38(2,3)4,31-28-35(45)49-39(5,6)7)32-29-36(46)50-40(8,9)10/h11-33H2,1-10H3,(H2,42,43,47). The molecule has 0 spiro atoms. The highest BCUT2D eigenvalue weighted by molar-refractivity contribution is 5.76. The molecule has 0 saturated heterocycles. The molecule has 2 N–H and O–H groups in total. The monoisotopic (exact) mass is 711 g/mol. The zero-order valence-corrected chi connectivity index (χ0v) is 34.1. The maximum atomic E-state index is 13.3. The van der Waals surface area contributed by atoms with Crippen LogP contribution in [0.25, 0.3) is 0 Å². The lowest BCUT2D eigenvalue weighted by Crippen LogP contribution is -2.53. The van der Waals surface area contributed by atoms with E-state index in [9.17, 15) is 19.2 Å². The van der Waals surface area contributed by atoms with Crippen LogP contribution in [0.5, 0.6) is 0 Å². The number of amides is 2. The molecule has 0 fully saturated rings. The fourth-order valence-electron chi connectivity index (χ4n) is 5.92. The molecule has 0 aromatic carbocycles. The lowest BCUT2D eigenvalue weighted by Gasteiger charge is -2.35. The van der Waals surface area contributed by atoms with Gasteiger partial charge in [-0.25, -0.2) is 4.79 Å². The quantitative estimate of drug-likeness (QED) is 0.0494. The highest BCUT2D eigenvalue weighted by Gasteiger charge is 2.35. The van der Waals surface area contributed by atoms with Crippen LogP contribution in [0.1, 0.15) is 210 Å². The Morgan fingerprint density at radius 2 is 0.720 bits per heavy atom. The molecule has 0 heterocycles. The summed E-state index contributed by atoms with van der Waals surface area (Å²) in [4.78, 5) is 51.5. The lowest BCUT2D eigenvalue weighted by atomic mass is 9.83. The first-order chi connectivity index (χ1) is 23.3. The summed E-state index contributed by atoms with van der Waals surface area (Å²) in [5.41, 5.74) is -3.02. The van der Waals surface area contributed by atoms with Gasteiger partial charge >= 0.3 is 23.9 Å². The molecule has 9 heteroatoms. The predicted octanol–water partition coefficient (Wildman–Crippen LogP) is 10.7. The van der Waals surface area contributed by atoms with Crippen molar-refractivity contribution in [2.24, 2.45) is 0 Å².